The van der Waals surface area contributed by atoms with Crippen molar-refractivity contribution in [3.63, 3.8) is 0 Å². The third-order valence-electron chi connectivity index (χ3n) is 3.15. The predicted octanol–water partition coefficient (Wildman–Crippen LogP) is 4.61. The van der Waals surface area contributed by atoms with Crippen molar-refractivity contribution in [2.75, 3.05) is 5.32 Å². The molecule has 0 bridgehead atoms. The lowest BCUT2D eigenvalue weighted by molar-refractivity contribution is 0.613. The Hall–Kier alpha value is -0.760. The minimum absolute atomic E-state index is 0.186. The first-order chi connectivity index (χ1) is 7.75. The van der Waals surface area contributed by atoms with Crippen LogP contribution in [0.25, 0.3) is 0 Å². The number of halogens is 2. The van der Waals surface area contributed by atoms with Gasteiger partial charge >= 0.3 is 0 Å². The minimum Gasteiger partial charge on any atom is -0.382 e. The van der Waals surface area contributed by atoms with Crippen LogP contribution in [0.1, 0.15) is 38.5 Å². The topological polar surface area (TPSA) is 12.0 Å². The van der Waals surface area contributed by atoms with Crippen LogP contribution < -0.4 is 5.32 Å². The predicted molar refractivity (Wildman–Crippen MR) is 66.5 cm³/mol. The van der Waals surface area contributed by atoms with Crippen molar-refractivity contribution >= 4 is 17.3 Å². The van der Waals surface area contributed by atoms with Crippen LogP contribution in [-0.4, -0.2) is 6.04 Å². The van der Waals surface area contributed by atoms with Gasteiger partial charge in [-0.25, -0.2) is 4.39 Å². The Morgan fingerprint density at radius 3 is 2.44 bits per heavy atom. The molecule has 0 radical (unpaired) electrons. The molecule has 0 unspecified atom stereocenters. The monoisotopic (exact) mass is 241 g/mol. The van der Waals surface area contributed by atoms with Gasteiger partial charge in [0.25, 0.3) is 0 Å². The van der Waals surface area contributed by atoms with E-state index in [4.69, 9.17) is 11.6 Å². The van der Waals surface area contributed by atoms with Gasteiger partial charge < -0.3 is 5.32 Å². The largest absolute Gasteiger partial charge is 0.382 e. The van der Waals surface area contributed by atoms with Gasteiger partial charge in [-0.1, -0.05) is 37.3 Å². The van der Waals surface area contributed by atoms with Crippen molar-refractivity contribution in [1.82, 2.24) is 0 Å². The number of benzene rings is 1. The van der Waals surface area contributed by atoms with Crippen molar-refractivity contribution in [3.8, 4) is 0 Å². The molecule has 88 valence electrons. The second-order valence-electron chi connectivity index (χ2n) is 4.46. The van der Waals surface area contributed by atoms with Gasteiger partial charge in [-0.15, -0.1) is 0 Å². The summed E-state index contributed by atoms with van der Waals surface area (Å²) in [7, 11) is 0. The van der Waals surface area contributed by atoms with Crippen LogP contribution in [-0.2, 0) is 0 Å². The van der Waals surface area contributed by atoms with E-state index in [0.29, 0.717) is 6.04 Å². The first-order valence-corrected chi connectivity index (χ1v) is 6.35. The van der Waals surface area contributed by atoms with Crippen LogP contribution in [0.15, 0.2) is 18.2 Å². The van der Waals surface area contributed by atoms with Gasteiger partial charge in [0.05, 0.1) is 5.02 Å². The third-order valence-corrected chi connectivity index (χ3v) is 3.45. The molecule has 1 N–H and O–H groups in total. The summed E-state index contributed by atoms with van der Waals surface area (Å²) >= 11 is 5.65. The van der Waals surface area contributed by atoms with Gasteiger partial charge in [0.15, 0.2) is 0 Å². The zero-order valence-corrected chi connectivity index (χ0v) is 10.1. The average molecular weight is 242 g/mol. The lowest BCUT2D eigenvalue weighted by atomic mass is 10.1. The fourth-order valence-corrected chi connectivity index (χ4v) is 2.36. The van der Waals surface area contributed by atoms with E-state index in [0.717, 1.165) is 5.69 Å². The Balaban J connectivity index is 1.99. The van der Waals surface area contributed by atoms with E-state index < -0.39 is 0 Å². The number of anilines is 1. The second kappa shape index (κ2) is 5.53. The molecule has 3 heteroatoms. The highest BCUT2D eigenvalue weighted by molar-refractivity contribution is 6.30. The third kappa shape index (κ3) is 3.11. The van der Waals surface area contributed by atoms with E-state index >= 15 is 0 Å². The van der Waals surface area contributed by atoms with Crippen LogP contribution in [0.4, 0.5) is 10.1 Å². The van der Waals surface area contributed by atoms with E-state index in [1.165, 1.54) is 44.6 Å². The molecule has 0 heterocycles. The van der Waals surface area contributed by atoms with Crippen LogP contribution in [0.2, 0.25) is 5.02 Å². The second-order valence-corrected chi connectivity index (χ2v) is 4.87. The molecule has 0 amide bonds. The molecule has 16 heavy (non-hydrogen) atoms. The molecule has 0 spiro atoms. The molecule has 1 fully saturated rings. The van der Waals surface area contributed by atoms with Gasteiger partial charge in [-0.3, -0.25) is 0 Å². The van der Waals surface area contributed by atoms with Gasteiger partial charge in [0.1, 0.15) is 5.82 Å². The Morgan fingerprint density at radius 2 is 1.81 bits per heavy atom. The van der Waals surface area contributed by atoms with E-state index in [9.17, 15) is 4.39 Å². The molecule has 1 aromatic rings. The number of hydrogen-bond acceptors (Lipinski definition) is 1. The van der Waals surface area contributed by atoms with Crippen LogP contribution >= 0.6 is 11.6 Å². The summed E-state index contributed by atoms with van der Waals surface area (Å²) in [5, 5.41) is 3.58. The standard InChI is InChI=1S/C13H17ClFN/c14-12-8-7-11(9-13(12)15)16-10-5-3-1-2-4-6-10/h7-10,16H,1-6H2. The highest BCUT2D eigenvalue weighted by atomic mass is 35.5. The van der Waals surface area contributed by atoms with Crippen LogP contribution in [0.3, 0.4) is 0 Å². The van der Waals surface area contributed by atoms with Gasteiger partial charge in [-0.05, 0) is 31.0 Å². The Morgan fingerprint density at radius 1 is 1.12 bits per heavy atom. The van der Waals surface area contributed by atoms with Gasteiger partial charge in [-0.2, -0.15) is 0 Å². The highest BCUT2D eigenvalue weighted by Gasteiger charge is 2.12. The Labute approximate surface area is 101 Å². The quantitative estimate of drug-likeness (QED) is 0.746. The molecule has 1 nitrogen and oxygen atoms in total. The zero-order chi connectivity index (χ0) is 11.4. The fraction of sp³-hybridized carbons (Fsp3) is 0.538. The summed E-state index contributed by atoms with van der Waals surface area (Å²) in [4.78, 5) is 0. The first-order valence-electron chi connectivity index (χ1n) is 5.97. The highest BCUT2D eigenvalue weighted by Crippen LogP contribution is 2.23. The molecule has 0 atom stereocenters. The molecule has 0 aliphatic heterocycles. The lowest BCUT2D eigenvalue weighted by Crippen LogP contribution is -2.18. The smallest absolute Gasteiger partial charge is 0.143 e. The van der Waals surface area contributed by atoms with Crippen molar-refractivity contribution in [2.45, 2.75) is 44.6 Å². The number of nitrogens with one attached hydrogen (secondary N) is 1. The van der Waals surface area contributed by atoms with E-state index in [-0.39, 0.29) is 10.8 Å². The van der Waals surface area contributed by atoms with Crippen LogP contribution in [0.5, 0.6) is 0 Å². The molecule has 1 aliphatic rings. The summed E-state index contributed by atoms with van der Waals surface area (Å²) < 4.78 is 13.2. The lowest BCUT2D eigenvalue weighted by Gasteiger charge is -2.17. The van der Waals surface area contributed by atoms with Crippen molar-refractivity contribution in [2.24, 2.45) is 0 Å². The van der Waals surface area contributed by atoms with E-state index in [1.807, 2.05) is 6.07 Å². The summed E-state index contributed by atoms with van der Waals surface area (Å²) in [5.74, 6) is -0.347. The van der Waals surface area contributed by atoms with Crippen molar-refractivity contribution < 1.29 is 4.39 Å². The Kier molecular flexibility index (Phi) is 4.05. The summed E-state index contributed by atoms with van der Waals surface area (Å²) in [6.07, 6.45) is 7.57. The number of hydrogen-bond donors (Lipinski definition) is 1. The summed E-state index contributed by atoms with van der Waals surface area (Å²) in [6, 6.07) is 5.42. The SMILES string of the molecule is Fc1cc(NC2CCCCCC2)ccc1Cl. The Bertz CT molecular complexity index is 346. The molecule has 2 rings (SSSR count). The summed E-state index contributed by atoms with van der Waals surface area (Å²) in [5.41, 5.74) is 0.841. The van der Waals surface area contributed by atoms with Gasteiger partial charge in [0, 0.05) is 11.7 Å². The maximum Gasteiger partial charge on any atom is 0.143 e. The molecule has 0 aromatic heterocycles. The fourth-order valence-electron chi connectivity index (χ4n) is 2.25. The van der Waals surface area contributed by atoms with Crippen molar-refractivity contribution in [3.05, 3.63) is 29.0 Å². The molecule has 1 aliphatic carbocycles. The normalized spacial score (nSPS) is 18.1. The molecule has 1 saturated carbocycles. The zero-order valence-electron chi connectivity index (χ0n) is 9.31. The van der Waals surface area contributed by atoms with Crippen LogP contribution in [0, 0.1) is 5.82 Å². The first kappa shape index (κ1) is 11.7. The summed E-state index contributed by atoms with van der Waals surface area (Å²) in [6.45, 7) is 0. The van der Waals surface area contributed by atoms with E-state index in [1.54, 1.807) is 6.07 Å². The molecule has 0 saturated heterocycles. The number of rotatable bonds is 2. The van der Waals surface area contributed by atoms with Gasteiger partial charge in [0.2, 0.25) is 0 Å². The molecular formula is C13H17ClFN. The van der Waals surface area contributed by atoms with E-state index in [2.05, 4.69) is 5.32 Å². The molecular weight excluding hydrogens is 225 g/mol. The maximum atomic E-state index is 13.2. The maximum absolute atomic E-state index is 13.2. The average Bonchev–Trinajstić information content (AvgIpc) is 2.52. The molecule has 1 aromatic carbocycles. The minimum atomic E-state index is -0.347. The van der Waals surface area contributed by atoms with Crippen molar-refractivity contribution in [1.29, 1.82) is 0 Å².